The lowest BCUT2D eigenvalue weighted by molar-refractivity contribution is -0.142. The van der Waals surface area contributed by atoms with Crippen LogP contribution < -0.4 is 38.9 Å². The van der Waals surface area contributed by atoms with E-state index in [1.165, 1.54) is 0 Å². The van der Waals surface area contributed by atoms with Gasteiger partial charge in [-0.3, -0.25) is 28.8 Å². The number of nitrogens with one attached hydrogen (secondary N) is 3. The molecule has 0 spiro atoms. The molecule has 0 aliphatic carbocycles. The Labute approximate surface area is 181 Å². The van der Waals surface area contributed by atoms with E-state index in [2.05, 4.69) is 23.3 Å². The van der Waals surface area contributed by atoms with Gasteiger partial charge >= 0.3 is 5.97 Å². The second-order valence-corrected chi connectivity index (χ2v) is 6.69. The Hall–Kier alpha value is -3.40. The van der Waals surface area contributed by atoms with Gasteiger partial charge in [0.15, 0.2) is 0 Å². The summed E-state index contributed by atoms with van der Waals surface area (Å²) in [6.07, 6.45) is -2.00. The minimum Gasteiger partial charge on any atom is -0.480 e. The monoisotopic (exact) mass is 463 g/mol. The fraction of sp³-hybridized carbons (Fsp3) is 0.533. The number of carbonyl (C=O) groups is 7. The number of hydrogen-bond donors (Lipinski definition) is 9. The van der Waals surface area contributed by atoms with Crippen molar-refractivity contribution in [2.45, 2.75) is 43.4 Å². The lowest BCUT2D eigenvalue weighted by Crippen LogP contribution is -2.58. The SMILES string of the molecule is NC(=O)C[C@H](NC(=O)[C@H](CC(N)=O)NC(=O)[C@@H](N)CC(N)=O)C(=O)N[C@@H](CS)C(=O)O. The molecule has 12 N–H and O–H groups in total. The van der Waals surface area contributed by atoms with Crippen LogP contribution >= 0.6 is 12.6 Å². The third-order valence-electron chi connectivity index (χ3n) is 3.63. The number of carboxylic acid groups (broad SMARTS) is 1. The van der Waals surface area contributed by atoms with Gasteiger partial charge in [-0.05, 0) is 0 Å². The fourth-order valence-corrected chi connectivity index (χ4v) is 2.39. The largest absolute Gasteiger partial charge is 0.480 e. The molecule has 0 rings (SSSR count). The maximum atomic E-state index is 12.5. The molecule has 0 saturated heterocycles. The summed E-state index contributed by atoms with van der Waals surface area (Å²) in [6, 6.07) is -6.14. The normalized spacial score (nSPS) is 14.3. The number of hydrogen-bond acceptors (Lipinski definition) is 9. The van der Waals surface area contributed by atoms with Crippen LogP contribution in [0.5, 0.6) is 0 Å². The average molecular weight is 463 g/mol. The zero-order valence-electron chi connectivity index (χ0n) is 16.2. The molecule has 0 aromatic carbocycles. The second-order valence-electron chi connectivity index (χ2n) is 6.32. The molecule has 0 fully saturated rings. The highest BCUT2D eigenvalue weighted by molar-refractivity contribution is 7.80. The molecule has 0 bridgehead atoms. The first-order valence-corrected chi connectivity index (χ1v) is 9.26. The topological polar surface area (TPSA) is 280 Å². The maximum absolute atomic E-state index is 12.5. The van der Waals surface area contributed by atoms with Crippen LogP contribution in [-0.4, -0.2) is 76.4 Å². The Morgan fingerprint density at radius 3 is 1.35 bits per heavy atom. The number of primary amides is 3. The molecule has 0 unspecified atom stereocenters. The molecule has 15 nitrogen and oxygen atoms in total. The zero-order valence-corrected chi connectivity index (χ0v) is 17.1. The van der Waals surface area contributed by atoms with Crippen molar-refractivity contribution in [2.24, 2.45) is 22.9 Å². The molecule has 174 valence electrons. The number of amides is 6. The van der Waals surface area contributed by atoms with Gasteiger partial charge in [0, 0.05) is 5.75 Å². The number of carbonyl (C=O) groups excluding carboxylic acids is 6. The van der Waals surface area contributed by atoms with Crippen molar-refractivity contribution in [1.29, 1.82) is 0 Å². The van der Waals surface area contributed by atoms with E-state index in [1.807, 2.05) is 5.32 Å². The van der Waals surface area contributed by atoms with E-state index in [-0.39, 0.29) is 5.75 Å². The number of aliphatic carboxylic acids is 1. The van der Waals surface area contributed by atoms with Gasteiger partial charge in [-0.25, -0.2) is 4.79 Å². The summed E-state index contributed by atoms with van der Waals surface area (Å²) in [5.41, 5.74) is 20.5. The number of nitrogens with two attached hydrogens (primary N) is 4. The molecule has 0 aliphatic heterocycles. The van der Waals surface area contributed by atoms with Gasteiger partial charge in [0.1, 0.15) is 18.1 Å². The summed E-state index contributed by atoms with van der Waals surface area (Å²) >= 11 is 3.77. The molecule has 4 atom stereocenters. The van der Waals surface area contributed by atoms with E-state index in [4.69, 9.17) is 28.0 Å². The van der Waals surface area contributed by atoms with E-state index in [9.17, 15) is 33.6 Å². The lowest BCUT2D eigenvalue weighted by Gasteiger charge is -2.23. The summed E-state index contributed by atoms with van der Waals surface area (Å²) in [7, 11) is 0. The highest BCUT2D eigenvalue weighted by Gasteiger charge is 2.31. The van der Waals surface area contributed by atoms with Gasteiger partial charge in [-0.1, -0.05) is 0 Å². The molecule has 0 heterocycles. The van der Waals surface area contributed by atoms with Crippen molar-refractivity contribution < 1.29 is 38.7 Å². The smallest absolute Gasteiger partial charge is 0.327 e. The van der Waals surface area contributed by atoms with Crippen LogP contribution in [-0.2, 0) is 33.6 Å². The Balaban J connectivity index is 5.47. The van der Waals surface area contributed by atoms with Crippen LogP contribution in [0.25, 0.3) is 0 Å². The Morgan fingerprint density at radius 2 is 1.03 bits per heavy atom. The van der Waals surface area contributed by atoms with Crippen LogP contribution in [0.15, 0.2) is 0 Å². The second kappa shape index (κ2) is 13.0. The summed E-state index contributed by atoms with van der Waals surface area (Å²) in [6.45, 7) is 0. The van der Waals surface area contributed by atoms with Crippen molar-refractivity contribution in [3.05, 3.63) is 0 Å². The van der Waals surface area contributed by atoms with Gasteiger partial charge in [-0.15, -0.1) is 0 Å². The highest BCUT2D eigenvalue weighted by atomic mass is 32.1. The quantitative estimate of drug-likeness (QED) is 0.111. The van der Waals surface area contributed by atoms with Gasteiger partial charge in [0.2, 0.25) is 35.4 Å². The number of thiol groups is 1. The van der Waals surface area contributed by atoms with Crippen LogP contribution in [0.3, 0.4) is 0 Å². The van der Waals surface area contributed by atoms with Crippen LogP contribution in [0, 0.1) is 0 Å². The molecule has 0 radical (unpaired) electrons. The van der Waals surface area contributed by atoms with Gasteiger partial charge < -0.3 is 44.0 Å². The Kier molecular flexibility index (Phi) is 11.6. The predicted octanol–water partition coefficient (Wildman–Crippen LogP) is -5.59. The minimum atomic E-state index is -1.64. The predicted molar refractivity (Wildman–Crippen MR) is 107 cm³/mol. The summed E-state index contributed by atoms with van der Waals surface area (Å²) < 4.78 is 0. The standard InChI is InChI=1S/C15H25N7O8S/c16-5(1-9(17)23)12(26)20-6(2-10(18)24)13(27)21-7(3-11(19)25)14(28)22-8(4-31)15(29)30/h5-8,31H,1-4,16H2,(H2,17,23)(H2,18,24)(H2,19,25)(H,20,26)(H,21,27)(H,22,28)(H,29,30)/t5-,6-,7-,8-/m0/s1. The average Bonchev–Trinajstić information content (AvgIpc) is 2.62. The first-order valence-electron chi connectivity index (χ1n) is 8.63. The third kappa shape index (κ3) is 10.8. The fourth-order valence-electron chi connectivity index (χ4n) is 2.14. The zero-order chi connectivity index (χ0) is 24.3. The highest BCUT2D eigenvalue weighted by Crippen LogP contribution is 2.01. The summed E-state index contributed by atoms with van der Waals surface area (Å²) in [5, 5.41) is 15.2. The Morgan fingerprint density at radius 1 is 0.677 bits per heavy atom. The molecule has 0 aliphatic rings. The van der Waals surface area contributed by atoms with E-state index < -0.39 is 84.8 Å². The lowest BCUT2D eigenvalue weighted by atomic mass is 10.1. The van der Waals surface area contributed by atoms with Crippen LogP contribution in [0.2, 0.25) is 0 Å². The minimum absolute atomic E-state index is 0.295. The van der Waals surface area contributed by atoms with Gasteiger partial charge in [0.05, 0.1) is 25.3 Å². The molecule has 31 heavy (non-hydrogen) atoms. The first-order chi connectivity index (χ1) is 14.3. The van der Waals surface area contributed by atoms with Gasteiger partial charge in [-0.2, -0.15) is 12.6 Å². The molecule has 16 heteroatoms. The number of rotatable bonds is 14. The number of carboxylic acids is 1. The third-order valence-corrected chi connectivity index (χ3v) is 4.00. The van der Waals surface area contributed by atoms with Crippen molar-refractivity contribution >= 4 is 54.0 Å². The Bertz CT molecular complexity index is 747. The summed E-state index contributed by atoms with van der Waals surface area (Å²) in [4.78, 5) is 81.3. The van der Waals surface area contributed by atoms with Crippen LogP contribution in [0.4, 0.5) is 0 Å². The molecule has 0 aromatic rings. The molecular formula is C15H25N7O8S. The van der Waals surface area contributed by atoms with E-state index in [0.717, 1.165) is 0 Å². The molecule has 6 amide bonds. The van der Waals surface area contributed by atoms with Crippen molar-refractivity contribution in [2.75, 3.05) is 5.75 Å². The van der Waals surface area contributed by atoms with Crippen LogP contribution in [0.1, 0.15) is 19.3 Å². The summed E-state index contributed by atoms with van der Waals surface area (Å²) in [5.74, 6) is -7.87. The van der Waals surface area contributed by atoms with E-state index in [0.29, 0.717) is 0 Å². The first kappa shape index (κ1) is 27.6. The maximum Gasteiger partial charge on any atom is 0.327 e. The van der Waals surface area contributed by atoms with Crippen molar-refractivity contribution in [1.82, 2.24) is 16.0 Å². The van der Waals surface area contributed by atoms with E-state index in [1.54, 1.807) is 0 Å². The van der Waals surface area contributed by atoms with E-state index >= 15 is 0 Å². The van der Waals surface area contributed by atoms with Crippen molar-refractivity contribution in [3.8, 4) is 0 Å². The molecule has 0 saturated carbocycles. The van der Waals surface area contributed by atoms with Crippen molar-refractivity contribution in [3.63, 3.8) is 0 Å². The molecular weight excluding hydrogens is 438 g/mol. The molecule has 0 aromatic heterocycles. The van der Waals surface area contributed by atoms with Gasteiger partial charge in [0.25, 0.3) is 0 Å².